The van der Waals surface area contributed by atoms with E-state index in [-0.39, 0.29) is 11.6 Å². The van der Waals surface area contributed by atoms with E-state index in [1.807, 2.05) is 11.7 Å². The van der Waals surface area contributed by atoms with Crippen molar-refractivity contribution in [2.75, 3.05) is 13.1 Å². The number of nitrogens with two attached hydrogens (primary N) is 1. The number of nitrogens with zero attached hydrogens (tertiary/aromatic N) is 3. The Morgan fingerprint density at radius 2 is 1.85 bits per heavy atom. The first kappa shape index (κ1) is 17.7. The van der Waals surface area contributed by atoms with Crippen LogP contribution in [0.25, 0.3) is 0 Å². The zero-order chi connectivity index (χ0) is 15.5. The van der Waals surface area contributed by atoms with Gasteiger partial charge in [0.25, 0.3) is 0 Å². The molecule has 5 heteroatoms. The molecular formula is C15H29BrN4. The lowest BCUT2D eigenvalue weighted by atomic mass is 9.89. The molecule has 0 bridgehead atoms. The van der Waals surface area contributed by atoms with E-state index in [1.165, 1.54) is 5.69 Å². The lowest BCUT2D eigenvalue weighted by Gasteiger charge is -2.41. The van der Waals surface area contributed by atoms with Crippen LogP contribution in [0.2, 0.25) is 0 Å². The van der Waals surface area contributed by atoms with Crippen LogP contribution >= 0.6 is 15.9 Å². The molecular weight excluding hydrogens is 316 g/mol. The lowest BCUT2D eigenvalue weighted by Crippen LogP contribution is -2.57. The summed E-state index contributed by atoms with van der Waals surface area (Å²) < 4.78 is 3.08. The molecule has 116 valence electrons. The topological polar surface area (TPSA) is 47.1 Å². The van der Waals surface area contributed by atoms with E-state index < -0.39 is 0 Å². The summed E-state index contributed by atoms with van der Waals surface area (Å²) in [5, 5.41) is 4.55. The van der Waals surface area contributed by atoms with E-state index in [0.717, 1.165) is 36.1 Å². The fourth-order valence-electron chi connectivity index (χ4n) is 2.77. The van der Waals surface area contributed by atoms with Crippen LogP contribution in [0.5, 0.6) is 0 Å². The summed E-state index contributed by atoms with van der Waals surface area (Å²) in [5.41, 5.74) is 8.79. The first-order chi connectivity index (χ1) is 9.29. The van der Waals surface area contributed by atoms with Gasteiger partial charge in [0, 0.05) is 25.0 Å². The number of rotatable bonds is 7. The second-order valence-corrected chi connectivity index (χ2v) is 6.61. The zero-order valence-electron chi connectivity index (χ0n) is 13.7. The van der Waals surface area contributed by atoms with Gasteiger partial charge in [-0.1, -0.05) is 20.8 Å². The number of aryl methyl sites for hydroxylation is 2. The minimum Gasteiger partial charge on any atom is -0.326 e. The third kappa shape index (κ3) is 3.43. The van der Waals surface area contributed by atoms with Crippen LogP contribution in [0, 0.1) is 0 Å². The highest BCUT2D eigenvalue weighted by Crippen LogP contribution is 2.26. The molecule has 1 unspecified atom stereocenters. The standard InChI is InChI=1S/C15H29BrN4/c1-7-11-14(16)12(19(6)18-11)10-13(17)15(4,5)20(8-2)9-3/h13H,7-10,17H2,1-6H3. The van der Waals surface area contributed by atoms with Crippen LogP contribution in [0.1, 0.15) is 46.0 Å². The summed E-state index contributed by atoms with van der Waals surface area (Å²) in [6, 6.07) is 0.0683. The SMILES string of the molecule is CCc1nn(C)c(CC(N)C(C)(C)N(CC)CC)c1Br. The van der Waals surface area contributed by atoms with E-state index in [9.17, 15) is 0 Å². The molecule has 1 rings (SSSR count). The third-order valence-electron chi connectivity index (χ3n) is 4.40. The summed E-state index contributed by atoms with van der Waals surface area (Å²) in [6.07, 6.45) is 1.76. The summed E-state index contributed by atoms with van der Waals surface area (Å²) in [4.78, 5) is 2.42. The molecule has 0 spiro atoms. The average Bonchev–Trinajstić information content (AvgIpc) is 2.67. The van der Waals surface area contributed by atoms with Crippen molar-refractivity contribution in [2.24, 2.45) is 12.8 Å². The van der Waals surface area contributed by atoms with Gasteiger partial charge in [0.05, 0.1) is 15.9 Å². The molecule has 4 nitrogen and oxygen atoms in total. The quantitative estimate of drug-likeness (QED) is 0.827. The number of hydrogen-bond donors (Lipinski definition) is 1. The van der Waals surface area contributed by atoms with Crippen molar-refractivity contribution >= 4 is 15.9 Å². The van der Waals surface area contributed by atoms with Gasteiger partial charge < -0.3 is 5.73 Å². The molecule has 0 aliphatic heterocycles. The van der Waals surface area contributed by atoms with Crippen LogP contribution in [-0.2, 0) is 19.9 Å². The van der Waals surface area contributed by atoms with Crippen molar-refractivity contribution in [2.45, 2.75) is 59.0 Å². The van der Waals surface area contributed by atoms with Crippen LogP contribution in [0.4, 0.5) is 0 Å². The fourth-order valence-corrected chi connectivity index (χ4v) is 3.55. The van der Waals surface area contributed by atoms with E-state index in [1.54, 1.807) is 0 Å². The van der Waals surface area contributed by atoms with Gasteiger partial charge in [0.15, 0.2) is 0 Å². The van der Waals surface area contributed by atoms with E-state index in [4.69, 9.17) is 5.73 Å². The number of hydrogen-bond acceptors (Lipinski definition) is 3. The highest BCUT2D eigenvalue weighted by molar-refractivity contribution is 9.10. The molecule has 0 fully saturated rings. The largest absolute Gasteiger partial charge is 0.326 e. The first-order valence-electron chi connectivity index (χ1n) is 7.50. The predicted octanol–water partition coefficient (Wildman–Crippen LogP) is 2.74. The lowest BCUT2D eigenvalue weighted by molar-refractivity contribution is 0.106. The summed E-state index contributed by atoms with van der Waals surface area (Å²) in [5.74, 6) is 0. The van der Waals surface area contributed by atoms with Crippen molar-refractivity contribution in [1.29, 1.82) is 0 Å². The smallest absolute Gasteiger partial charge is 0.0766 e. The van der Waals surface area contributed by atoms with Crippen molar-refractivity contribution in [3.63, 3.8) is 0 Å². The molecule has 0 saturated carbocycles. The Balaban J connectivity index is 2.95. The molecule has 1 heterocycles. The third-order valence-corrected chi connectivity index (χ3v) is 5.32. The maximum Gasteiger partial charge on any atom is 0.0766 e. The highest BCUT2D eigenvalue weighted by Gasteiger charge is 2.32. The molecule has 2 N–H and O–H groups in total. The van der Waals surface area contributed by atoms with Gasteiger partial charge in [0.1, 0.15) is 0 Å². The maximum absolute atomic E-state index is 6.52. The summed E-state index contributed by atoms with van der Waals surface area (Å²) in [6.45, 7) is 13.0. The molecule has 1 aromatic rings. The van der Waals surface area contributed by atoms with Crippen LogP contribution in [0.3, 0.4) is 0 Å². The van der Waals surface area contributed by atoms with Crippen LogP contribution in [-0.4, -0.2) is 39.4 Å². The molecule has 0 amide bonds. The van der Waals surface area contributed by atoms with Gasteiger partial charge in [-0.15, -0.1) is 0 Å². The molecule has 0 aliphatic rings. The van der Waals surface area contributed by atoms with Gasteiger partial charge in [0.2, 0.25) is 0 Å². The Morgan fingerprint density at radius 3 is 2.25 bits per heavy atom. The van der Waals surface area contributed by atoms with Crippen LogP contribution in [0.15, 0.2) is 4.47 Å². The number of aromatic nitrogens is 2. The van der Waals surface area contributed by atoms with E-state index in [2.05, 4.69) is 60.5 Å². The maximum atomic E-state index is 6.52. The second-order valence-electron chi connectivity index (χ2n) is 5.82. The Bertz CT molecular complexity index is 435. The molecule has 0 saturated heterocycles. The van der Waals surface area contributed by atoms with Crippen molar-refractivity contribution < 1.29 is 0 Å². The molecule has 20 heavy (non-hydrogen) atoms. The Morgan fingerprint density at radius 1 is 1.30 bits per heavy atom. The van der Waals surface area contributed by atoms with E-state index >= 15 is 0 Å². The molecule has 0 radical (unpaired) electrons. The van der Waals surface area contributed by atoms with Gasteiger partial charge >= 0.3 is 0 Å². The monoisotopic (exact) mass is 344 g/mol. The minimum absolute atomic E-state index is 0.0282. The molecule has 1 aromatic heterocycles. The van der Waals surface area contributed by atoms with Crippen LogP contribution < -0.4 is 5.73 Å². The van der Waals surface area contributed by atoms with E-state index in [0.29, 0.717) is 0 Å². The first-order valence-corrected chi connectivity index (χ1v) is 8.29. The zero-order valence-corrected chi connectivity index (χ0v) is 15.3. The summed E-state index contributed by atoms with van der Waals surface area (Å²) >= 11 is 3.68. The Labute approximate surface area is 131 Å². The molecule has 0 aliphatic carbocycles. The fraction of sp³-hybridized carbons (Fsp3) is 0.800. The molecule has 0 aromatic carbocycles. The second kappa shape index (κ2) is 7.05. The van der Waals surface area contributed by atoms with Gasteiger partial charge in [-0.2, -0.15) is 5.10 Å². The van der Waals surface area contributed by atoms with Gasteiger partial charge in [-0.25, -0.2) is 0 Å². The van der Waals surface area contributed by atoms with Gasteiger partial charge in [-0.3, -0.25) is 9.58 Å². The number of halogens is 1. The Kier molecular flexibility index (Phi) is 6.23. The highest BCUT2D eigenvalue weighted by atomic mass is 79.9. The Hall–Kier alpha value is -0.390. The van der Waals surface area contributed by atoms with Crippen molar-refractivity contribution in [3.8, 4) is 0 Å². The van der Waals surface area contributed by atoms with Gasteiger partial charge in [-0.05, 0) is 49.3 Å². The predicted molar refractivity (Wildman–Crippen MR) is 89.0 cm³/mol. The summed E-state index contributed by atoms with van der Waals surface area (Å²) in [7, 11) is 2.00. The minimum atomic E-state index is -0.0282. The molecule has 1 atom stereocenters. The normalized spacial score (nSPS) is 14.1. The van der Waals surface area contributed by atoms with Crippen molar-refractivity contribution in [3.05, 3.63) is 15.9 Å². The number of likely N-dealkylation sites (N-methyl/N-ethyl adjacent to an activating group) is 1. The van der Waals surface area contributed by atoms with Crippen molar-refractivity contribution in [1.82, 2.24) is 14.7 Å². The average molecular weight is 345 g/mol.